The molecule has 96 valence electrons. The summed E-state index contributed by atoms with van der Waals surface area (Å²) >= 11 is 0. The number of aromatic hydroxyl groups is 2. The van der Waals surface area contributed by atoms with Crippen molar-refractivity contribution in [2.24, 2.45) is 0 Å². The van der Waals surface area contributed by atoms with Gasteiger partial charge >= 0.3 is 0 Å². The van der Waals surface area contributed by atoms with Gasteiger partial charge in [0, 0.05) is 13.2 Å². The second-order valence-electron chi connectivity index (χ2n) is 3.79. The maximum atomic E-state index is 9.69. The summed E-state index contributed by atoms with van der Waals surface area (Å²) in [6.45, 7) is 1.95. The Hall–Kier alpha value is -2.08. The predicted molar refractivity (Wildman–Crippen MR) is 63.1 cm³/mol. The van der Waals surface area contributed by atoms with E-state index in [-0.39, 0.29) is 23.5 Å². The Morgan fingerprint density at radius 3 is 2.78 bits per heavy atom. The lowest BCUT2D eigenvalue weighted by Crippen LogP contribution is -2.01. The summed E-state index contributed by atoms with van der Waals surface area (Å²) in [6, 6.07) is 4.16. The summed E-state index contributed by atoms with van der Waals surface area (Å²) in [5.41, 5.74) is 0.373. The van der Waals surface area contributed by atoms with Crippen LogP contribution in [-0.2, 0) is 4.74 Å². The molecule has 2 N–H and O–H groups in total. The van der Waals surface area contributed by atoms with Gasteiger partial charge in [0.25, 0.3) is 5.89 Å². The number of hydrogen-bond acceptors (Lipinski definition) is 6. The molecule has 18 heavy (non-hydrogen) atoms. The van der Waals surface area contributed by atoms with E-state index in [1.807, 2.05) is 6.92 Å². The smallest absolute Gasteiger partial charge is 0.261 e. The topological polar surface area (TPSA) is 88.6 Å². The van der Waals surface area contributed by atoms with E-state index in [9.17, 15) is 10.2 Å². The minimum atomic E-state index is -0.234. The average Bonchev–Trinajstić information content (AvgIpc) is 2.80. The first kappa shape index (κ1) is 12.4. The van der Waals surface area contributed by atoms with Crippen LogP contribution in [0.15, 0.2) is 22.7 Å². The zero-order valence-electron chi connectivity index (χ0n) is 10.1. The zero-order valence-corrected chi connectivity index (χ0v) is 10.1. The van der Waals surface area contributed by atoms with Gasteiger partial charge in [0.2, 0.25) is 5.82 Å². The summed E-state index contributed by atoms with van der Waals surface area (Å²) in [5.74, 6) is 0.482. The molecule has 6 heteroatoms. The van der Waals surface area contributed by atoms with E-state index >= 15 is 0 Å². The highest BCUT2D eigenvalue weighted by atomic mass is 16.5. The molecule has 0 bridgehead atoms. The number of rotatable bonds is 4. The Bertz CT molecular complexity index is 535. The molecule has 0 aliphatic rings. The number of ether oxygens (including phenoxy) is 1. The maximum Gasteiger partial charge on any atom is 0.261 e. The second-order valence-corrected chi connectivity index (χ2v) is 3.79. The van der Waals surface area contributed by atoms with Gasteiger partial charge in [-0.2, -0.15) is 4.98 Å². The molecule has 1 heterocycles. The van der Waals surface area contributed by atoms with E-state index in [0.29, 0.717) is 11.4 Å². The lowest BCUT2D eigenvalue weighted by atomic mass is 10.2. The standard InChI is InChI=1S/C12H14N2O4/c1-3-10(17-2)11-13-12(18-14-11)8-5-4-7(15)6-9(8)16/h4-6,10,15-16H,3H2,1-2H3. The van der Waals surface area contributed by atoms with Crippen molar-refractivity contribution < 1.29 is 19.5 Å². The molecule has 2 aromatic rings. The lowest BCUT2D eigenvalue weighted by molar-refractivity contribution is 0.0903. The number of hydrogen-bond donors (Lipinski definition) is 2. The first-order chi connectivity index (χ1) is 8.65. The molecule has 0 saturated carbocycles. The van der Waals surface area contributed by atoms with Crippen molar-refractivity contribution in [3.8, 4) is 23.0 Å². The summed E-state index contributed by atoms with van der Waals surface area (Å²) in [5, 5.41) is 22.7. The van der Waals surface area contributed by atoms with Gasteiger partial charge in [0.1, 0.15) is 17.6 Å². The Morgan fingerprint density at radius 1 is 1.39 bits per heavy atom. The minimum absolute atomic E-state index is 0.0284. The van der Waals surface area contributed by atoms with Crippen LogP contribution in [0, 0.1) is 0 Å². The molecule has 6 nitrogen and oxygen atoms in total. The SMILES string of the molecule is CCC(OC)c1noc(-c2ccc(O)cc2O)n1. The molecule has 0 aliphatic heterocycles. The van der Waals surface area contributed by atoms with Crippen LogP contribution in [0.5, 0.6) is 11.5 Å². The Labute approximate surface area is 104 Å². The van der Waals surface area contributed by atoms with Crippen LogP contribution in [-0.4, -0.2) is 27.5 Å². The maximum absolute atomic E-state index is 9.69. The van der Waals surface area contributed by atoms with Crippen LogP contribution < -0.4 is 0 Å². The number of phenolic OH excluding ortho intramolecular Hbond substituents is 2. The fraction of sp³-hybridized carbons (Fsp3) is 0.333. The minimum Gasteiger partial charge on any atom is -0.508 e. The highest BCUT2D eigenvalue weighted by Gasteiger charge is 2.18. The van der Waals surface area contributed by atoms with Crippen molar-refractivity contribution in [2.45, 2.75) is 19.4 Å². The van der Waals surface area contributed by atoms with E-state index in [1.165, 1.54) is 18.2 Å². The van der Waals surface area contributed by atoms with Crippen LogP contribution in [0.3, 0.4) is 0 Å². The molecule has 1 atom stereocenters. The van der Waals surface area contributed by atoms with E-state index in [0.717, 1.165) is 6.42 Å². The quantitative estimate of drug-likeness (QED) is 0.865. The third kappa shape index (κ3) is 2.28. The van der Waals surface area contributed by atoms with Gasteiger partial charge in [0.15, 0.2) is 0 Å². The van der Waals surface area contributed by atoms with Crippen molar-refractivity contribution in [2.75, 3.05) is 7.11 Å². The van der Waals surface area contributed by atoms with E-state index in [4.69, 9.17) is 9.26 Å². The van der Waals surface area contributed by atoms with E-state index < -0.39 is 0 Å². The van der Waals surface area contributed by atoms with Crippen LogP contribution in [0.1, 0.15) is 25.3 Å². The highest BCUT2D eigenvalue weighted by Crippen LogP contribution is 2.31. The van der Waals surface area contributed by atoms with E-state index in [2.05, 4.69) is 10.1 Å². The van der Waals surface area contributed by atoms with Crippen LogP contribution in [0.4, 0.5) is 0 Å². The van der Waals surface area contributed by atoms with Crippen molar-refractivity contribution >= 4 is 0 Å². The molecule has 1 aromatic heterocycles. The lowest BCUT2D eigenvalue weighted by Gasteiger charge is -2.06. The van der Waals surface area contributed by atoms with Gasteiger partial charge in [-0.3, -0.25) is 0 Å². The van der Waals surface area contributed by atoms with Crippen LogP contribution in [0.2, 0.25) is 0 Å². The largest absolute Gasteiger partial charge is 0.508 e. The highest BCUT2D eigenvalue weighted by molar-refractivity contribution is 5.63. The molecule has 1 aromatic carbocycles. The third-order valence-electron chi connectivity index (χ3n) is 2.60. The first-order valence-electron chi connectivity index (χ1n) is 5.54. The van der Waals surface area contributed by atoms with Crippen LogP contribution >= 0.6 is 0 Å². The van der Waals surface area contributed by atoms with Gasteiger partial charge in [-0.1, -0.05) is 12.1 Å². The third-order valence-corrected chi connectivity index (χ3v) is 2.60. The number of phenols is 2. The predicted octanol–water partition coefficient (Wildman–Crippen LogP) is 2.25. The first-order valence-corrected chi connectivity index (χ1v) is 5.54. The molecule has 0 radical (unpaired) electrons. The molecule has 0 spiro atoms. The average molecular weight is 250 g/mol. The molecule has 1 unspecified atom stereocenters. The Morgan fingerprint density at radius 2 is 2.17 bits per heavy atom. The van der Waals surface area contributed by atoms with Gasteiger partial charge < -0.3 is 19.5 Å². The van der Waals surface area contributed by atoms with Crippen molar-refractivity contribution in [3.05, 3.63) is 24.0 Å². The van der Waals surface area contributed by atoms with Crippen LogP contribution in [0.25, 0.3) is 11.5 Å². The zero-order chi connectivity index (χ0) is 13.1. The van der Waals surface area contributed by atoms with E-state index in [1.54, 1.807) is 7.11 Å². The number of aromatic nitrogens is 2. The van der Waals surface area contributed by atoms with Crippen molar-refractivity contribution in [1.82, 2.24) is 10.1 Å². The molecule has 0 amide bonds. The van der Waals surface area contributed by atoms with Gasteiger partial charge in [-0.15, -0.1) is 0 Å². The van der Waals surface area contributed by atoms with Gasteiger partial charge in [0.05, 0.1) is 5.56 Å². The summed E-state index contributed by atoms with van der Waals surface area (Å²) in [7, 11) is 1.57. The fourth-order valence-corrected chi connectivity index (χ4v) is 1.63. The summed E-state index contributed by atoms with van der Waals surface area (Å²) < 4.78 is 10.3. The Kier molecular flexibility index (Phi) is 3.47. The van der Waals surface area contributed by atoms with Crippen molar-refractivity contribution in [3.63, 3.8) is 0 Å². The number of methoxy groups -OCH3 is 1. The fourth-order valence-electron chi connectivity index (χ4n) is 1.63. The molecular weight excluding hydrogens is 236 g/mol. The number of benzene rings is 1. The molecule has 2 rings (SSSR count). The molecule has 0 saturated heterocycles. The number of nitrogens with zero attached hydrogens (tertiary/aromatic N) is 2. The van der Waals surface area contributed by atoms with Crippen molar-refractivity contribution in [1.29, 1.82) is 0 Å². The monoisotopic (exact) mass is 250 g/mol. The normalized spacial score (nSPS) is 12.6. The molecular formula is C12H14N2O4. The van der Waals surface area contributed by atoms with Gasteiger partial charge in [-0.05, 0) is 18.6 Å². The summed E-state index contributed by atoms with van der Waals surface area (Å²) in [6.07, 6.45) is 0.485. The second kappa shape index (κ2) is 5.05. The summed E-state index contributed by atoms with van der Waals surface area (Å²) in [4.78, 5) is 4.17. The van der Waals surface area contributed by atoms with Gasteiger partial charge in [-0.25, -0.2) is 0 Å². The molecule has 0 aliphatic carbocycles. The Balaban J connectivity index is 2.34. The molecule has 0 fully saturated rings.